The standard InChI is InChI=1S/C17H21N5O2/c1-12(23)19-14-6-3-13(4-7-14)5-8-16-20-17(21-24-16)15-11-18-9-10-22(15)2/h3-8,15,18H,9-11H2,1-2H3,(H,19,23)/b8-5+. The largest absolute Gasteiger partial charge is 0.335 e. The zero-order chi connectivity index (χ0) is 16.9. The highest BCUT2D eigenvalue weighted by molar-refractivity contribution is 5.88. The Labute approximate surface area is 140 Å². The van der Waals surface area contributed by atoms with E-state index >= 15 is 0 Å². The van der Waals surface area contributed by atoms with Gasteiger partial charge in [0.15, 0.2) is 5.82 Å². The average molecular weight is 327 g/mol. The van der Waals surface area contributed by atoms with E-state index in [4.69, 9.17) is 4.52 Å². The Balaban J connectivity index is 1.65. The zero-order valence-electron chi connectivity index (χ0n) is 13.8. The lowest BCUT2D eigenvalue weighted by atomic mass is 10.2. The van der Waals surface area contributed by atoms with Crippen LogP contribution in [0.2, 0.25) is 0 Å². The highest BCUT2D eigenvalue weighted by Gasteiger charge is 2.24. The monoisotopic (exact) mass is 327 g/mol. The van der Waals surface area contributed by atoms with Gasteiger partial charge in [0.1, 0.15) is 0 Å². The number of carbonyl (C=O) groups excluding carboxylic acids is 1. The van der Waals surface area contributed by atoms with Gasteiger partial charge in [0, 0.05) is 38.3 Å². The van der Waals surface area contributed by atoms with Crippen molar-refractivity contribution in [2.45, 2.75) is 13.0 Å². The van der Waals surface area contributed by atoms with Crippen molar-refractivity contribution in [3.8, 4) is 0 Å². The van der Waals surface area contributed by atoms with Crippen LogP contribution in [0.4, 0.5) is 5.69 Å². The molecule has 7 heteroatoms. The molecule has 3 rings (SSSR count). The van der Waals surface area contributed by atoms with Crippen LogP contribution in [-0.2, 0) is 4.79 Å². The highest BCUT2D eigenvalue weighted by Crippen LogP contribution is 2.18. The second kappa shape index (κ2) is 7.37. The van der Waals surface area contributed by atoms with E-state index in [9.17, 15) is 4.79 Å². The summed E-state index contributed by atoms with van der Waals surface area (Å²) in [6, 6.07) is 7.67. The highest BCUT2D eigenvalue weighted by atomic mass is 16.5. The van der Waals surface area contributed by atoms with Gasteiger partial charge in [-0.3, -0.25) is 9.69 Å². The van der Waals surface area contributed by atoms with E-state index in [2.05, 4.69) is 32.7 Å². The van der Waals surface area contributed by atoms with Crippen LogP contribution in [0, 0.1) is 0 Å². The number of likely N-dealkylation sites (N-methyl/N-ethyl adjacent to an activating group) is 1. The minimum atomic E-state index is -0.0844. The van der Waals surface area contributed by atoms with E-state index in [1.165, 1.54) is 6.92 Å². The number of aromatic nitrogens is 2. The Morgan fingerprint density at radius 3 is 2.88 bits per heavy atom. The molecule has 0 bridgehead atoms. The van der Waals surface area contributed by atoms with Crippen molar-refractivity contribution < 1.29 is 9.32 Å². The normalized spacial score (nSPS) is 18.8. The lowest BCUT2D eigenvalue weighted by Crippen LogP contribution is -2.44. The van der Waals surface area contributed by atoms with Gasteiger partial charge in [-0.2, -0.15) is 4.98 Å². The summed E-state index contributed by atoms with van der Waals surface area (Å²) in [6.45, 7) is 4.25. The van der Waals surface area contributed by atoms with Crippen molar-refractivity contribution >= 4 is 23.7 Å². The Morgan fingerprint density at radius 2 is 2.17 bits per heavy atom. The molecule has 2 N–H and O–H groups in total. The molecule has 1 atom stereocenters. The number of piperazine rings is 1. The molecular formula is C17H21N5O2. The second-order valence-corrected chi connectivity index (χ2v) is 5.83. The first kappa shape index (κ1) is 16.4. The molecule has 0 spiro atoms. The summed E-state index contributed by atoms with van der Waals surface area (Å²) in [5.74, 6) is 1.10. The molecule has 1 fully saturated rings. The van der Waals surface area contributed by atoms with E-state index in [0.717, 1.165) is 30.9 Å². The molecule has 7 nitrogen and oxygen atoms in total. The van der Waals surface area contributed by atoms with Crippen molar-refractivity contribution in [3.05, 3.63) is 41.5 Å². The minimum absolute atomic E-state index is 0.0844. The van der Waals surface area contributed by atoms with Crippen LogP contribution in [0.1, 0.15) is 30.2 Å². The van der Waals surface area contributed by atoms with Crippen LogP contribution in [0.3, 0.4) is 0 Å². The van der Waals surface area contributed by atoms with E-state index < -0.39 is 0 Å². The predicted molar refractivity (Wildman–Crippen MR) is 92.2 cm³/mol. The SMILES string of the molecule is CC(=O)Nc1ccc(/C=C/c2nc(C3CNCCN3C)no2)cc1. The molecule has 0 saturated carbocycles. The van der Waals surface area contributed by atoms with E-state index in [0.29, 0.717) is 11.7 Å². The average Bonchev–Trinajstić information content (AvgIpc) is 3.03. The second-order valence-electron chi connectivity index (χ2n) is 5.83. The van der Waals surface area contributed by atoms with Crippen LogP contribution < -0.4 is 10.6 Å². The number of hydrogen-bond donors (Lipinski definition) is 2. The van der Waals surface area contributed by atoms with Crippen molar-refractivity contribution in [3.63, 3.8) is 0 Å². The summed E-state index contributed by atoms with van der Waals surface area (Å²) in [5, 5.41) is 10.2. The quantitative estimate of drug-likeness (QED) is 0.890. The molecule has 24 heavy (non-hydrogen) atoms. The number of amides is 1. The molecule has 1 saturated heterocycles. The summed E-state index contributed by atoms with van der Waals surface area (Å²) in [5.41, 5.74) is 1.76. The maximum atomic E-state index is 11.0. The third kappa shape index (κ3) is 4.06. The van der Waals surface area contributed by atoms with E-state index in [1.807, 2.05) is 30.3 Å². The molecule has 1 aromatic heterocycles. The molecule has 1 unspecified atom stereocenters. The van der Waals surface area contributed by atoms with Crippen molar-refractivity contribution in [2.75, 3.05) is 32.0 Å². The lowest BCUT2D eigenvalue weighted by Gasteiger charge is -2.30. The molecule has 126 valence electrons. The number of carbonyl (C=O) groups is 1. The molecule has 1 aliphatic heterocycles. The van der Waals surface area contributed by atoms with E-state index in [1.54, 1.807) is 6.08 Å². The Morgan fingerprint density at radius 1 is 1.38 bits per heavy atom. The van der Waals surface area contributed by atoms with Crippen molar-refractivity contribution in [1.82, 2.24) is 20.4 Å². The first-order valence-electron chi connectivity index (χ1n) is 7.92. The van der Waals surface area contributed by atoms with Crippen LogP contribution in [0.15, 0.2) is 28.8 Å². The Kier molecular flexibility index (Phi) is 5.02. The molecular weight excluding hydrogens is 306 g/mol. The summed E-state index contributed by atoms with van der Waals surface area (Å²) >= 11 is 0. The van der Waals surface area contributed by atoms with Gasteiger partial charge in [0.2, 0.25) is 5.91 Å². The molecule has 2 heterocycles. The number of hydrogen-bond acceptors (Lipinski definition) is 6. The van der Waals surface area contributed by atoms with Gasteiger partial charge in [0.25, 0.3) is 5.89 Å². The summed E-state index contributed by atoms with van der Waals surface area (Å²) in [6.07, 6.45) is 3.69. The maximum absolute atomic E-state index is 11.0. The van der Waals surface area contributed by atoms with Gasteiger partial charge in [-0.05, 0) is 30.8 Å². The van der Waals surface area contributed by atoms with Crippen LogP contribution in [0.5, 0.6) is 0 Å². The first-order valence-corrected chi connectivity index (χ1v) is 7.92. The number of benzene rings is 1. The van der Waals surface area contributed by atoms with Gasteiger partial charge < -0.3 is 15.2 Å². The first-order chi connectivity index (χ1) is 11.6. The van der Waals surface area contributed by atoms with Gasteiger partial charge in [-0.1, -0.05) is 17.3 Å². The molecule has 1 aromatic carbocycles. The molecule has 0 radical (unpaired) electrons. The lowest BCUT2D eigenvalue weighted by molar-refractivity contribution is -0.114. The van der Waals surface area contributed by atoms with Gasteiger partial charge >= 0.3 is 0 Å². The van der Waals surface area contributed by atoms with Crippen molar-refractivity contribution in [2.24, 2.45) is 0 Å². The van der Waals surface area contributed by atoms with Crippen LogP contribution in [0.25, 0.3) is 12.2 Å². The fourth-order valence-corrected chi connectivity index (χ4v) is 2.59. The van der Waals surface area contributed by atoms with Gasteiger partial charge in [-0.25, -0.2) is 0 Å². The summed E-state index contributed by atoms with van der Waals surface area (Å²) in [7, 11) is 2.06. The Bertz CT molecular complexity index is 723. The third-order valence-electron chi connectivity index (χ3n) is 3.92. The fraction of sp³-hybridized carbons (Fsp3) is 0.353. The smallest absolute Gasteiger partial charge is 0.250 e. The molecule has 0 aliphatic carbocycles. The van der Waals surface area contributed by atoms with Gasteiger partial charge in [-0.15, -0.1) is 0 Å². The minimum Gasteiger partial charge on any atom is -0.335 e. The number of nitrogens with zero attached hydrogens (tertiary/aromatic N) is 3. The molecule has 2 aromatic rings. The molecule has 1 amide bonds. The predicted octanol–water partition coefficient (Wildman–Crippen LogP) is 1.77. The molecule has 1 aliphatic rings. The van der Waals surface area contributed by atoms with Crippen LogP contribution >= 0.6 is 0 Å². The zero-order valence-corrected chi connectivity index (χ0v) is 13.8. The number of rotatable bonds is 4. The van der Waals surface area contributed by atoms with Crippen molar-refractivity contribution in [1.29, 1.82) is 0 Å². The third-order valence-corrected chi connectivity index (χ3v) is 3.92. The summed E-state index contributed by atoms with van der Waals surface area (Å²) in [4.78, 5) is 17.7. The fourth-order valence-electron chi connectivity index (χ4n) is 2.59. The number of nitrogens with one attached hydrogen (secondary N) is 2. The maximum Gasteiger partial charge on any atom is 0.250 e. The topological polar surface area (TPSA) is 83.3 Å². The van der Waals surface area contributed by atoms with E-state index in [-0.39, 0.29) is 11.9 Å². The summed E-state index contributed by atoms with van der Waals surface area (Å²) < 4.78 is 5.30. The number of anilines is 1. The Hall–Kier alpha value is -2.51. The van der Waals surface area contributed by atoms with Gasteiger partial charge in [0.05, 0.1) is 6.04 Å². The van der Waals surface area contributed by atoms with Crippen LogP contribution in [-0.4, -0.2) is 47.6 Å².